The maximum atomic E-state index is 5.97. The highest BCUT2D eigenvalue weighted by atomic mass is 35.5. The minimum Gasteiger partial charge on any atom is -0.263 e. The van der Waals surface area contributed by atoms with Gasteiger partial charge in [-0.2, -0.15) is 5.10 Å². The number of nitrogens with one attached hydrogen (secondary N) is 1. The molecule has 0 aliphatic carbocycles. The fourth-order valence-corrected chi connectivity index (χ4v) is 2.52. The molecular formula is C8H7Cl2N3S. The van der Waals surface area contributed by atoms with E-state index in [-0.39, 0.29) is 0 Å². The van der Waals surface area contributed by atoms with Crippen molar-refractivity contribution in [2.45, 2.75) is 13.3 Å². The van der Waals surface area contributed by atoms with Gasteiger partial charge in [-0.15, -0.1) is 11.3 Å². The molecule has 14 heavy (non-hydrogen) atoms. The maximum Gasteiger partial charge on any atom is 0.183 e. The van der Waals surface area contributed by atoms with Crippen LogP contribution in [0.15, 0.2) is 6.07 Å². The molecule has 0 aliphatic heterocycles. The summed E-state index contributed by atoms with van der Waals surface area (Å²) in [7, 11) is 0. The third-order valence-corrected chi connectivity index (χ3v) is 3.25. The number of thiophene rings is 1. The van der Waals surface area contributed by atoms with Gasteiger partial charge in [0.2, 0.25) is 0 Å². The van der Waals surface area contributed by atoms with Crippen molar-refractivity contribution < 1.29 is 0 Å². The fraction of sp³-hybridized carbons (Fsp3) is 0.250. The summed E-state index contributed by atoms with van der Waals surface area (Å²) in [5, 5.41) is 6.89. The number of nitrogens with zero attached hydrogens (tertiary/aromatic N) is 2. The first-order valence-electron chi connectivity index (χ1n) is 4.07. The Hall–Kier alpha value is -0.580. The zero-order chi connectivity index (χ0) is 10.1. The average Bonchev–Trinajstić information content (AvgIpc) is 2.71. The lowest BCUT2D eigenvalue weighted by atomic mass is 10.3. The minimum atomic E-state index is 0.606. The van der Waals surface area contributed by atoms with Gasteiger partial charge in [-0.3, -0.25) is 5.10 Å². The number of halogens is 2. The lowest BCUT2D eigenvalue weighted by Crippen LogP contribution is -1.81. The van der Waals surface area contributed by atoms with Crippen LogP contribution in [0.1, 0.15) is 12.7 Å². The van der Waals surface area contributed by atoms with Crippen molar-refractivity contribution in [3.8, 4) is 11.4 Å². The Morgan fingerprint density at radius 1 is 1.50 bits per heavy atom. The molecule has 0 saturated heterocycles. The van der Waals surface area contributed by atoms with Crippen LogP contribution in [0.4, 0.5) is 0 Å². The molecule has 0 radical (unpaired) electrons. The van der Waals surface area contributed by atoms with Gasteiger partial charge < -0.3 is 0 Å². The predicted octanol–water partition coefficient (Wildman–Crippen LogP) is 3.40. The predicted molar refractivity (Wildman–Crippen MR) is 59.1 cm³/mol. The molecule has 2 aromatic rings. The number of hydrogen-bond acceptors (Lipinski definition) is 3. The summed E-state index contributed by atoms with van der Waals surface area (Å²) in [5.41, 5.74) is 0.789. The van der Waals surface area contributed by atoms with Crippen molar-refractivity contribution in [1.29, 1.82) is 0 Å². The summed E-state index contributed by atoms with van der Waals surface area (Å²) in [4.78, 5) is 4.27. The molecule has 0 bridgehead atoms. The van der Waals surface area contributed by atoms with E-state index >= 15 is 0 Å². The van der Waals surface area contributed by atoms with Crippen LogP contribution in [0, 0.1) is 0 Å². The molecule has 0 spiro atoms. The molecule has 0 aliphatic rings. The second kappa shape index (κ2) is 3.88. The van der Waals surface area contributed by atoms with E-state index in [4.69, 9.17) is 23.2 Å². The maximum absolute atomic E-state index is 5.97. The van der Waals surface area contributed by atoms with Crippen molar-refractivity contribution in [3.05, 3.63) is 20.6 Å². The average molecular weight is 248 g/mol. The van der Waals surface area contributed by atoms with E-state index in [1.807, 2.05) is 6.92 Å². The molecule has 0 saturated carbocycles. The third kappa shape index (κ3) is 1.78. The molecule has 3 nitrogen and oxygen atoms in total. The van der Waals surface area contributed by atoms with Gasteiger partial charge in [0.05, 0.1) is 9.90 Å². The molecule has 0 atom stereocenters. The molecule has 74 valence electrons. The van der Waals surface area contributed by atoms with Gasteiger partial charge >= 0.3 is 0 Å². The van der Waals surface area contributed by atoms with Crippen LogP contribution in [-0.4, -0.2) is 15.2 Å². The highest BCUT2D eigenvalue weighted by molar-refractivity contribution is 7.20. The summed E-state index contributed by atoms with van der Waals surface area (Å²) < 4.78 is 1.27. The first-order valence-corrected chi connectivity index (χ1v) is 5.64. The monoisotopic (exact) mass is 247 g/mol. The number of aromatic nitrogens is 3. The molecule has 0 amide bonds. The molecular weight excluding hydrogens is 241 g/mol. The fourth-order valence-electron chi connectivity index (χ4n) is 1.07. The van der Waals surface area contributed by atoms with E-state index in [0.717, 1.165) is 17.8 Å². The van der Waals surface area contributed by atoms with E-state index in [1.54, 1.807) is 6.07 Å². The first kappa shape index (κ1) is 9.96. The molecule has 2 aromatic heterocycles. The molecule has 0 unspecified atom stereocenters. The van der Waals surface area contributed by atoms with Crippen LogP contribution < -0.4 is 0 Å². The number of aromatic amines is 1. The Kier molecular flexibility index (Phi) is 2.76. The quantitative estimate of drug-likeness (QED) is 0.884. The summed E-state index contributed by atoms with van der Waals surface area (Å²) in [6.07, 6.45) is 0.822. The SMILES string of the molecule is CCc1nc(-c2cc(Cl)sc2Cl)n[nH]1. The zero-order valence-corrected chi connectivity index (χ0v) is 9.67. The molecule has 2 rings (SSSR count). The highest BCUT2D eigenvalue weighted by Gasteiger charge is 2.12. The standard InChI is InChI=1S/C8H7Cl2N3S/c1-2-6-11-8(13-12-6)4-3-5(9)14-7(4)10/h3H,2H2,1H3,(H,11,12,13). The summed E-state index contributed by atoms with van der Waals surface area (Å²) in [6.45, 7) is 2.01. The Morgan fingerprint density at radius 3 is 2.79 bits per heavy atom. The van der Waals surface area contributed by atoms with Crippen molar-refractivity contribution in [1.82, 2.24) is 15.2 Å². The van der Waals surface area contributed by atoms with E-state index in [2.05, 4.69) is 15.2 Å². The van der Waals surface area contributed by atoms with E-state index in [1.165, 1.54) is 11.3 Å². The normalized spacial score (nSPS) is 10.8. The Bertz CT molecular complexity index is 449. The zero-order valence-electron chi connectivity index (χ0n) is 7.34. The number of H-pyrrole nitrogens is 1. The molecule has 1 N–H and O–H groups in total. The molecule has 2 heterocycles. The van der Waals surface area contributed by atoms with E-state index in [0.29, 0.717) is 14.5 Å². The van der Waals surface area contributed by atoms with Gasteiger partial charge in [0.1, 0.15) is 10.2 Å². The van der Waals surface area contributed by atoms with Crippen molar-refractivity contribution >= 4 is 34.5 Å². The summed E-state index contributed by atoms with van der Waals surface area (Å²) in [5.74, 6) is 1.45. The number of aryl methyl sites for hydroxylation is 1. The highest BCUT2D eigenvalue weighted by Crippen LogP contribution is 2.36. The molecule has 0 fully saturated rings. The summed E-state index contributed by atoms with van der Waals surface area (Å²) in [6, 6.07) is 1.77. The van der Waals surface area contributed by atoms with E-state index < -0.39 is 0 Å². The van der Waals surface area contributed by atoms with E-state index in [9.17, 15) is 0 Å². The Morgan fingerprint density at radius 2 is 2.29 bits per heavy atom. The van der Waals surface area contributed by atoms with Gasteiger partial charge in [0.25, 0.3) is 0 Å². The Labute approximate surface area is 95.1 Å². The second-order valence-corrected chi connectivity index (χ2v) is 4.98. The second-order valence-electron chi connectivity index (χ2n) is 2.70. The van der Waals surface area contributed by atoms with Crippen LogP contribution in [0.3, 0.4) is 0 Å². The smallest absolute Gasteiger partial charge is 0.183 e. The topological polar surface area (TPSA) is 41.6 Å². The third-order valence-electron chi connectivity index (χ3n) is 1.76. The Balaban J connectivity index is 2.43. The van der Waals surface area contributed by atoms with Crippen LogP contribution in [-0.2, 0) is 6.42 Å². The van der Waals surface area contributed by atoms with Gasteiger partial charge in [-0.25, -0.2) is 4.98 Å². The number of rotatable bonds is 2. The van der Waals surface area contributed by atoms with Gasteiger partial charge in [0, 0.05) is 6.42 Å². The lowest BCUT2D eigenvalue weighted by molar-refractivity contribution is 0.946. The van der Waals surface area contributed by atoms with Crippen LogP contribution in [0.2, 0.25) is 8.67 Å². The lowest BCUT2D eigenvalue weighted by Gasteiger charge is -1.87. The summed E-state index contributed by atoms with van der Waals surface area (Å²) >= 11 is 13.1. The largest absolute Gasteiger partial charge is 0.263 e. The van der Waals surface area contributed by atoms with Crippen molar-refractivity contribution in [2.24, 2.45) is 0 Å². The van der Waals surface area contributed by atoms with Gasteiger partial charge in [-0.1, -0.05) is 30.1 Å². The van der Waals surface area contributed by atoms with Crippen molar-refractivity contribution in [2.75, 3.05) is 0 Å². The van der Waals surface area contributed by atoms with Crippen LogP contribution >= 0.6 is 34.5 Å². The van der Waals surface area contributed by atoms with Crippen LogP contribution in [0.5, 0.6) is 0 Å². The molecule has 0 aromatic carbocycles. The van der Waals surface area contributed by atoms with Crippen molar-refractivity contribution in [3.63, 3.8) is 0 Å². The number of hydrogen-bond donors (Lipinski definition) is 1. The minimum absolute atomic E-state index is 0.606. The van der Waals surface area contributed by atoms with Gasteiger partial charge in [-0.05, 0) is 6.07 Å². The van der Waals surface area contributed by atoms with Crippen LogP contribution in [0.25, 0.3) is 11.4 Å². The van der Waals surface area contributed by atoms with Gasteiger partial charge in [0.15, 0.2) is 5.82 Å². The molecule has 6 heteroatoms. The first-order chi connectivity index (χ1) is 6.70.